The lowest BCUT2D eigenvalue weighted by Gasteiger charge is -2.16. The van der Waals surface area contributed by atoms with Gasteiger partial charge in [0, 0.05) is 24.5 Å². The maximum atomic E-state index is 9.62. The molecule has 2 N–H and O–H groups in total. The Bertz CT molecular complexity index is 286. The van der Waals surface area contributed by atoms with Crippen molar-refractivity contribution in [3.63, 3.8) is 0 Å². The van der Waals surface area contributed by atoms with Crippen LogP contribution in [0.25, 0.3) is 0 Å². The highest BCUT2D eigenvalue weighted by Crippen LogP contribution is 2.14. The van der Waals surface area contributed by atoms with E-state index >= 15 is 0 Å². The molecule has 0 aliphatic rings. The molecule has 1 heterocycles. The molecule has 0 aliphatic carbocycles. The summed E-state index contributed by atoms with van der Waals surface area (Å²) in [7, 11) is 3.93. The molecule has 1 aromatic heterocycles. The van der Waals surface area contributed by atoms with Gasteiger partial charge in [-0.2, -0.15) is 0 Å². The summed E-state index contributed by atoms with van der Waals surface area (Å²) in [6.07, 6.45) is -0.291. The summed E-state index contributed by atoms with van der Waals surface area (Å²) in [6, 6.07) is 2.12. The minimum Gasteiger partial charge on any atom is -0.390 e. The molecule has 0 aromatic carbocycles. The van der Waals surface area contributed by atoms with Crippen LogP contribution in [0.15, 0.2) is 11.4 Å². The van der Waals surface area contributed by atoms with Crippen LogP contribution >= 0.6 is 11.3 Å². The van der Waals surface area contributed by atoms with Gasteiger partial charge in [0.05, 0.1) is 6.10 Å². The van der Waals surface area contributed by atoms with E-state index in [2.05, 4.69) is 23.7 Å². The minimum absolute atomic E-state index is 0.291. The molecule has 3 nitrogen and oxygen atoms in total. The van der Waals surface area contributed by atoms with Crippen LogP contribution in [0.4, 0.5) is 0 Å². The molecule has 0 aliphatic heterocycles. The van der Waals surface area contributed by atoms with E-state index in [0.717, 1.165) is 6.54 Å². The van der Waals surface area contributed by atoms with Crippen LogP contribution < -0.4 is 5.32 Å². The summed E-state index contributed by atoms with van der Waals surface area (Å²) >= 11 is 1.76. The van der Waals surface area contributed by atoms with Crippen molar-refractivity contribution in [2.45, 2.75) is 19.6 Å². The first-order chi connectivity index (χ1) is 7.09. The largest absolute Gasteiger partial charge is 0.390 e. The Morgan fingerprint density at radius 3 is 2.80 bits per heavy atom. The van der Waals surface area contributed by atoms with Crippen LogP contribution in [0.2, 0.25) is 0 Å². The molecule has 0 fully saturated rings. The van der Waals surface area contributed by atoms with E-state index in [9.17, 15) is 5.11 Å². The molecule has 4 heteroatoms. The molecule has 0 saturated heterocycles. The third-order valence-electron chi connectivity index (χ3n) is 2.21. The molecule has 0 bridgehead atoms. The molecule has 86 valence electrons. The quantitative estimate of drug-likeness (QED) is 0.764. The van der Waals surface area contributed by atoms with Gasteiger partial charge < -0.3 is 15.3 Å². The summed E-state index contributed by atoms with van der Waals surface area (Å²) in [4.78, 5) is 3.34. The first-order valence-electron chi connectivity index (χ1n) is 5.16. The lowest BCUT2D eigenvalue weighted by molar-refractivity contribution is 0.134. The summed E-state index contributed by atoms with van der Waals surface area (Å²) < 4.78 is 0. The Kier molecular flexibility index (Phi) is 5.25. The number of likely N-dealkylation sites (N-methyl/N-ethyl adjacent to an activating group) is 1. The third-order valence-corrected chi connectivity index (χ3v) is 3.23. The smallest absolute Gasteiger partial charge is 0.0791 e. The molecule has 1 unspecified atom stereocenters. The van der Waals surface area contributed by atoms with Gasteiger partial charge in [0.15, 0.2) is 0 Å². The van der Waals surface area contributed by atoms with Gasteiger partial charge in [-0.15, -0.1) is 11.3 Å². The normalized spacial score (nSPS) is 13.4. The van der Waals surface area contributed by atoms with E-state index in [1.54, 1.807) is 11.3 Å². The maximum absolute atomic E-state index is 9.62. The average Bonchev–Trinajstić information content (AvgIpc) is 2.50. The first-order valence-corrected chi connectivity index (χ1v) is 6.04. The van der Waals surface area contributed by atoms with Crippen LogP contribution in [0.5, 0.6) is 0 Å². The van der Waals surface area contributed by atoms with Gasteiger partial charge in [-0.3, -0.25) is 0 Å². The van der Waals surface area contributed by atoms with Crippen LogP contribution in [-0.2, 0) is 6.54 Å². The number of aliphatic hydroxyl groups excluding tert-OH is 1. The van der Waals surface area contributed by atoms with E-state index in [1.807, 2.05) is 19.0 Å². The van der Waals surface area contributed by atoms with Crippen molar-refractivity contribution < 1.29 is 5.11 Å². The SMILES string of the molecule is Cc1ccsc1CNCC(O)CN(C)C. The van der Waals surface area contributed by atoms with E-state index in [4.69, 9.17) is 0 Å². The van der Waals surface area contributed by atoms with Crippen LogP contribution in [0, 0.1) is 6.92 Å². The fourth-order valence-electron chi connectivity index (χ4n) is 1.42. The van der Waals surface area contributed by atoms with Crippen molar-refractivity contribution in [2.24, 2.45) is 0 Å². The van der Waals surface area contributed by atoms with Gasteiger partial charge in [0.25, 0.3) is 0 Å². The van der Waals surface area contributed by atoms with Crippen LogP contribution in [0.3, 0.4) is 0 Å². The Balaban J connectivity index is 2.19. The van der Waals surface area contributed by atoms with Gasteiger partial charge in [0.2, 0.25) is 0 Å². The number of hydrogen-bond acceptors (Lipinski definition) is 4. The predicted molar refractivity (Wildman–Crippen MR) is 65.3 cm³/mol. The van der Waals surface area contributed by atoms with Gasteiger partial charge in [-0.25, -0.2) is 0 Å². The van der Waals surface area contributed by atoms with Crippen molar-refractivity contribution >= 4 is 11.3 Å². The van der Waals surface area contributed by atoms with Crippen molar-refractivity contribution in [3.05, 3.63) is 21.9 Å². The zero-order valence-electron chi connectivity index (χ0n) is 9.66. The van der Waals surface area contributed by atoms with Crippen molar-refractivity contribution in [1.29, 1.82) is 0 Å². The van der Waals surface area contributed by atoms with Crippen LogP contribution in [0.1, 0.15) is 10.4 Å². The zero-order valence-corrected chi connectivity index (χ0v) is 10.5. The van der Waals surface area contributed by atoms with Crippen molar-refractivity contribution in [2.75, 3.05) is 27.2 Å². The highest BCUT2D eigenvalue weighted by atomic mass is 32.1. The van der Waals surface area contributed by atoms with E-state index < -0.39 is 0 Å². The highest BCUT2D eigenvalue weighted by molar-refractivity contribution is 7.10. The highest BCUT2D eigenvalue weighted by Gasteiger charge is 2.05. The topological polar surface area (TPSA) is 35.5 Å². The average molecular weight is 228 g/mol. The number of aryl methyl sites for hydroxylation is 1. The van der Waals surface area contributed by atoms with E-state index in [1.165, 1.54) is 10.4 Å². The fraction of sp³-hybridized carbons (Fsp3) is 0.636. The monoisotopic (exact) mass is 228 g/mol. The van der Waals surface area contributed by atoms with Gasteiger partial charge >= 0.3 is 0 Å². The first kappa shape index (κ1) is 12.6. The van der Waals surface area contributed by atoms with Gasteiger partial charge in [-0.05, 0) is 38.0 Å². The summed E-state index contributed by atoms with van der Waals surface area (Å²) in [5.74, 6) is 0. The molecule has 1 atom stereocenters. The lowest BCUT2D eigenvalue weighted by Crippen LogP contribution is -2.34. The summed E-state index contributed by atoms with van der Waals surface area (Å²) in [6.45, 7) is 4.32. The Labute approximate surface area is 95.7 Å². The minimum atomic E-state index is -0.291. The number of aliphatic hydroxyl groups is 1. The summed E-state index contributed by atoms with van der Waals surface area (Å²) in [5.41, 5.74) is 1.33. The molecule has 1 rings (SSSR count). The van der Waals surface area contributed by atoms with Crippen molar-refractivity contribution in [1.82, 2.24) is 10.2 Å². The molecule has 0 spiro atoms. The zero-order chi connectivity index (χ0) is 11.3. The lowest BCUT2D eigenvalue weighted by atomic mass is 10.3. The maximum Gasteiger partial charge on any atom is 0.0791 e. The Morgan fingerprint density at radius 1 is 1.53 bits per heavy atom. The molecule has 0 amide bonds. The molecule has 15 heavy (non-hydrogen) atoms. The number of rotatable bonds is 6. The third kappa shape index (κ3) is 4.75. The second-order valence-corrected chi connectivity index (χ2v) is 5.07. The Morgan fingerprint density at radius 2 is 2.27 bits per heavy atom. The molecule has 1 aromatic rings. The van der Waals surface area contributed by atoms with Gasteiger partial charge in [0.1, 0.15) is 0 Å². The van der Waals surface area contributed by atoms with Gasteiger partial charge in [-0.1, -0.05) is 0 Å². The number of nitrogens with one attached hydrogen (secondary N) is 1. The number of hydrogen-bond donors (Lipinski definition) is 2. The number of nitrogens with zero attached hydrogens (tertiary/aromatic N) is 1. The second-order valence-electron chi connectivity index (χ2n) is 4.07. The predicted octanol–water partition coefficient (Wildman–Crippen LogP) is 1.07. The van der Waals surface area contributed by atoms with Crippen molar-refractivity contribution in [3.8, 4) is 0 Å². The van der Waals surface area contributed by atoms with Crippen LogP contribution in [-0.4, -0.2) is 43.3 Å². The van der Waals surface area contributed by atoms with E-state index in [0.29, 0.717) is 13.1 Å². The Hall–Kier alpha value is -0.420. The summed E-state index contributed by atoms with van der Waals surface area (Å²) in [5, 5.41) is 15.0. The molecular weight excluding hydrogens is 208 g/mol. The molecule has 0 saturated carbocycles. The second kappa shape index (κ2) is 6.23. The molecule has 0 radical (unpaired) electrons. The molecular formula is C11H20N2OS. The number of thiophene rings is 1. The fourth-order valence-corrected chi connectivity index (χ4v) is 2.30. The van der Waals surface area contributed by atoms with E-state index in [-0.39, 0.29) is 6.10 Å². The standard InChI is InChI=1S/C11H20N2OS/c1-9-4-5-15-11(9)7-12-6-10(14)8-13(2)3/h4-5,10,12,14H,6-8H2,1-3H3.